The molecule has 8 nitrogen and oxygen atoms in total. The van der Waals surface area contributed by atoms with Gasteiger partial charge in [0.25, 0.3) is 0 Å². The van der Waals surface area contributed by atoms with E-state index in [2.05, 4.69) is 10.9 Å². The third-order valence-electron chi connectivity index (χ3n) is 0.546. The molecule has 0 aliphatic carbocycles. The van der Waals surface area contributed by atoms with Gasteiger partial charge in [-0.1, -0.05) is 0 Å². The van der Waals surface area contributed by atoms with Crippen molar-refractivity contribution in [1.29, 1.82) is 0 Å². The first kappa shape index (κ1) is 10.3. The van der Waals surface area contributed by atoms with Crippen molar-refractivity contribution < 1.29 is 22.0 Å². The molecule has 0 rings (SSSR count). The molecular formula is CH4N3O5S2-. The summed E-state index contributed by atoms with van der Waals surface area (Å²) < 4.78 is 39.7. The maximum absolute atomic E-state index is 10.2. The first-order valence-corrected chi connectivity index (χ1v) is 4.52. The fourth-order valence-electron chi connectivity index (χ4n) is 0.284. The minimum atomic E-state index is -4.62. The number of urea groups is 1. The Morgan fingerprint density at radius 2 is 1.91 bits per heavy atom. The molecular weight excluding hydrogens is 198 g/mol. The fourth-order valence-corrected chi connectivity index (χ4v) is 1.36. The van der Waals surface area contributed by atoms with Crippen molar-refractivity contribution in [3.05, 3.63) is 0 Å². The molecule has 0 radical (unpaired) electrons. The van der Waals surface area contributed by atoms with E-state index in [-0.39, 0.29) is 0 Å². The van der Waals surface area contributed by atoms with Crippen LogP contribution in [0, 0.1) is 0 Å². The van der Waals surface area contributed by atoms with Gasteiger partial charge in [0.1, 0.15) is 0 Å². The van der Waals surface area contributed by atoms with Crippen LogP contribution >= 0.6 is 0 Å². The zero-order chi connectivity index (χ0) is 9.23. The van der Waals surface area contributed by atoms with Gasteiger partial charge < -0.3 is 10.3 Å². The van der Waals surface area contributed by atoms with Crippen molar-refractivity contribution in [2.45, 2.75) is 0 Å². The Morgan fingerprint density at radius 3 is 1.91 bits per heavy atom. The number of rotatable bonds is 2. The lowest BCUT2D eigenvalue weighted by Crippen LogP contribution is -2.45. The molecule has 0 spiro atoms. The Labute approximate surface area is 64.7 Å². The standard InChI is InChI=1S/CH5N3O5S2/c2-1(5)4(10(6)7)11(3,8)9/h(H2,2,5)(H,6,7)(H2,3,8,9)/p-1. The van der Waals surface area contributed by atoms with E-state index >= 15 is 0 Å². The lowest BCUT2D eigenvalue weighted by molar-refractivity contribution is 0.243. The van der Waals surface area contributed by atoms with E-state index in [1.165, 1.54) is 0 Å². The molecule has 66 valence electrons. The number of nitrogens with two attached hydrogens (primary N) is 2. The summed E-state index contributed by atoms with van der Waals surface area (Å²) in [6.45, 7) is 0. The van der Waals surface area contributed by atoms with Gasteiger partial charge in [-0.25, -0.2) is 9.93 Å². The summed E-state index contributed by atoms with van der Waals surface area (Å²) in [5.74, 6) is 0. The first-order valence-electron chi connectivity index (χ1n) is 1.98. The third kappa shape index (κ3) is 2.80. The van der Waals surface area contributed by atoms with Crippen LogP contribution in [0.2, 0.25) is 0 Å². The van der Waals surface area contributed by atoms with Gasteiger partial charge in [-0.3, -0.25) is 4.21 Å². The average molecular weight is 202 g/mol. The molecule has 10 heteroatoms. The Bertz CT molecular complexity index is 266. The molecule has 0 fully saturated rings. The van der Waals surface area contributed by atoms with E-state index in [4.69, 9.17) is 0 Å². The van der Waals surface area contributed by atoms with E-state index < -0.39 is 31.2 Å². The number of hydrogen-bond donors (Lipinski definition) is 2. The van der Waals surface area contributed by atoms with Gasteiger partial charge in [-0.05, 0) is 0 Å². The fraction of sp³-hybridized carbons (Fsp3) is 0. The zero-order valence-corrected chi connectivity index (χ0v) is 6.59. The van der Waals surface area contributed by atoms with Gasteiger partial charge in [0, 0.05) is 0 Å². The van der Waals surface area contributed by atoms with E-state index in [1.807, 2.05) is 0 Å². The van der Waals surface area contributed by atoms with Crippen LogP contribution in [0.15, 0.2) is 0 Å². The van der Waals surface area contributed by atoms with Crippen LogP contribution < -0.4 is 10.9 Å². The van der Waals surface area contributed by atoms with Gasteiger partial charge in [0.05, 0.1) is 11.3 Å². The summed E-state index contributed by atoms with van der Waals surface area (Å²) in [5, 5.41) is 4.29. The zero-order valence-electron chi connectivity index (χ0n) is 4.96. The second-order valence-electron chi connectivity index (χ2n) is 1.33. The summed E-state index contributed by atoms with van der Waals surface area (Å²) in [4.78, 5) is 10.1. The van der Waals surface area contributed by atoms with Crippen molar-refractivity contribution in [3.8, 4) is 0 Å². The molecule has 1 atom stereocenters. The third-order valence-corrected chi connectivity index (χ3v) is 2.63. The lowest BCUT2D eigenvalue weighted by Gasteiger charge is -2.17. The lowest BCUT2D eigenvalue weighted by atomic mass is 11.2. The summed E-state index contributed by atoms with van der Waals surface area (Å²) in [6.07, 6.45) is 0. The number of carbonyl (C=O) groups excluding carboxylic acids is 1. The molecule has 0 aromatic carbocycles. The van der Waals surface area contributed by atoms with E-state index in [0.29, 0.717) is 0 Å². The van der Waals surface area contributed by atoms with Crippen molar-refractivity contribution in [2.75, 3.05) is 0 Å². The average Bonchev–Trinajstić information content (AvgIpc) is 1.54. The quantitative estimate of drug-likeness (QED) is 0.470. The molecule has 0 heterocycles. The number of amides is 2. The summed E-state index contributed by atoms with van der Waals surface area (Å²) in [5.41, 5.74) is 4.36. The summed E-state index contributed by atoms with van der Waals surface area (Å²) in [7, 11) is -4.62. The highest BCUT2D eigenvalue weighted by atomic mass is 32.3. The highest BCUT2D eigenvalue weighted by molar-refractivity contribution is 7.98. The molecule has 0 aliphatic rings. The van der Waals surface area contributed by atoms with Crippen LogP contribution in [0.25, 0.3) is 0 Å². The number of nitrogens with zero attached hydrogens (tertiary/aromatic N) is 1. The first-order chi connectivity index (χ1) is 4.76. The molecule has 0 aromatic heterocycles. The van der Waals surface area contributed by atoms with Crippen molar-refractivity contribution in [2.24, 2.45) is 10.9 Å². The van der Waals surface area contributed by atoms with Gasteiger partial charge in [-0.2, -0.15) is 8.42 Å². The molecule has 0 aromatic rings. The molecule has 4 N–H and O–H groups in total. The van der Waals surface area contributed by atoms with Crippen LogP contribution in [0.4, 0.5) is 4.79 Å². The van der Waals surface area contributed by atoms with Crippen LogP contribution in [0.5, 0.6) is 0 Å². The topological polar surface area (TPSA) is 147 Å². The van der Waals surface area contributed by atoms with E-state index in [1.54, 1.807) is 0 Å². The summed E-state index contributed by atoms with van der Waals surface area (Å²) in [6, 6.07) is -1.68. The summed E-state index contributed by atoms with van der Waals surface area (Å²) >= 11 is -3.31. The normalized spacial score (nSPS) is 14.0. The van der Waals surface area contributed by atoms with Crippen molar-refractivity contribution in [3.63, 3.8) is 0 Å². The van der Waals surface area contributed by atoms with Gasteiger partial charge in [0.15, 0.2) is 0 Å². The second-order valence-corrected chi connectivity index (χ2v) is 3.75. The van der Waals surface area contributed by atoms with Crippen LogP contribution in [-0.2, 0) is 21.5 Å². The molecule has 1 unspecified atom stereocenters. The molecule has 0 bridgehead atoms. The Balaban J connectivity index is 4.94. The second kappa shape index (κ2) is 3.13. The van der Waals surface area contributed by atoms with Crippen molar-refractivity contribution in [1.82, 2.24) is 3.71 Å². The SMILES string of the molecule is NC(=O)N(S(=O)[O-])S(N)(=O)=O. The Morgan fingerprint density at radius 1 is 1.55 bits per heavy atom. The maximum Gasteiger partial charge on any atom is 0.341 e. The van der Waals surface area contributed by atoms with Crippen LogP contribution in [0.3, 0.4) is 0 Å². The molecule has 0 aliphatic heterocycles. The molecule has 0 saturated carbocycles. The molecule has 11 heavy (non-hydrogen) atoms. The minimum absolute atomic E-state index is 0.674. The maximum atomic E-state index is 10.2. The monoisotopic (exact) mass is 202 g/mol. The molecule has 2 amide bonds. The van der Waals surface area contributed by atoms with E-state index in [0.717, 1.165) is 0 Å². The minimum Gasteiger partial charge on any atom is -0.754 e. The number of carbonyl (C=O) groups is 1. The van der Waals surface area contributed by atoms with Crippen LogP contribution in [0.1, 0.15) is 0 Å². The number of primary amides is 1. The Kier molecular flexibility index (Phi) is 2.92. The van der Waals surface area contributed by atoms with Gasteiger partial charge in [0.2, 0.25) is 0 Å². The van der Waals surface area contributed by atoms with Gasteiger partial charge >= 0.3 is 16.2 Å². The van der Waals surface area contributed by atoms with Gasteiger partial charge in [-0.15, -0.1) is 3.71 Å². The molecule has 0 saturated heterocycles. The highest BCUT2D eigenvalue weighted by Gasteiger charge is 2.22. The highest BCUT2D eigenvalue weighted by Crippen LogP contribution is 1.95. The van der Waals surface area contributed by atoms with Crippen LogP contribution in [-0.4, -0.2) is 26.9 Å². The smallest absolute Gasteiger partial charge is 0.341 e. The predicted octanol–water partition coefficient (Wildman–Crippen LogP) is -2.64. The predicted molar refractivity (Wildman–Crippen MR) is 33.4 cm³/mol. The Hall–Kier alpha value is -0.710. The number of hydrogen-bond acceptors (Lipinski definition) is 5. The van der Waals surface area contributed by atoms with E-state index in [9.17, 15) is 22.0 Å². The van der Waals surface area contributed by atoms with Crippen molar-refractivity contribution >= 4 is 27.5 Å². The largest absolute Gasteiger partial charge is 0.754 e.